The molecule has 2 aromatic heterocycles. The molecule has 4 rings (SSSR count). The van der Waals surface area contributed by atoms with Gasteiger partial charge in [0.15, 0.2) is 0 Å². The van der Waals surface area contributed by atoms with E-state index in [4.69, 9.17) is 10.5 Å². The van der Waals surface area contributed by atoms with Crippen LogP contribution in [0.2, 0.25) is 0 Å². The first kappa shape index (κ1) is 21.9. The third-order valence-corrected chi connectivity index (χ3v) is 8.45. The van der Waals surface area contributed by atoms with Crippen LogP contribution in [0.1, 0.15) is 16.1 Å². The van der Waals surface area contributed by atoms with Crippen LogP contribution in [0, 0.1) is 0 Å². The average molecular weight is 477 g/mol. The Morgan fingerprint density at radius 3 is 2.55 bits per heavy atom. The van der Waals surface area contributed by atoms with Crippen LogP contribution in [0.5, 0.6) is 0 Å². The second-order valence-electron chi connectivity index (χ2n) is 6.72. The fourth-order valence-corrected chi connectivity index (χ4v) is 5.99. The van der Waals surface area contributed by atoms with Crippen LogP contribution in [0.4, 0.5) is 0 Å². The molecule has 3 aromatic rings. The van der Waals surface area contributed by atoms with Crippen molar-refractivity contribution >= 4 is 39.0 Å². The first-order valence-corrected chi connectivity index (χ1v) is 12.8. The number of nitrogens with two attached hydrogens (primary N) is 1. The molecular formula is C20H20N4O4S3. The zero-order valence-corrected chi connectivity index (χ0v) is 18.9. The van der Waals surface area contributed by atoms with Crippen molar-refractivity contribution in [2.75, 3.05) is 26.3 Å². The van der Waals surface area contributed by atoms with Crippen LogP contribution in [-0.4, -0.2) is 54.9 Å². The number of thiazole rings is 1. The largest absolute Gasteiger partial charge is 0.379 e. The van der Waals surface area contributed by atoms with Gasteiger partial charge in [-0.15, -0.1) is 23.1 Å². The third kappa shape index (κ3) is 5.13. The van der Waals surface area contributed by atoms with Gasteiger partial charge in [0.25, 0.3) is 0 Å². The van der Waals surface area contributed by atoms with Crippen molar-refractivity contribution in [3.8, 4) is 10.6 Å². The standard InChI is InChI=1S/C20H20N4O4S3/c21-19(25)14-1-3-15(4-2-14)20-23-16(13-30-20)12-29-18-6-5-17(11-22-18)31(26,27)24-7-9-28-10-8-24/h1-6,11,13H,7-10,12H2,(H2,21,25). The summed E-state index contributed by atoms with van der Waals surface area (Å²) in [5, 5.41) is 3.55. The Hall–Kier alpha value is -2.31. The molecule has 1 aliphatic heterocycles. The molecule has 1 aliphatic rings. The Kier molecular flexibility index (Phi) is 6.68. The van der Waals surface area contributed by atoms with Crippen LogP contribution in [0.25, 0.3) is 10.6 Å². The number of carbonyl (C=O) groups is 1. The summed E-state index contributed by atoms with van der Waals surface area (Å²) in [4.78, 5) is 20.3. The molecule has 0 spiro atoms. The van der Waals surface area contributed by atoms with Gasteiger partial charge in [0.2, 0.25) is 15.9 Å². The van der Waals surface area contributed by atoms with Crippen LogP contribution in [-0.2, 0) is 20.5 Å². The summed E-state index contributed by atoms with van der Waals surface area (Å²) < 4.78 is 32.0. The van der Waals surface area contributed by atoms with Gasteiger partial charge in [0, 0.05) is 41.5 Å². The summed E-state index contributed by atoms with van der Waals surface area (Å²) in [6.07, 6.45) is 1.40. The van der Waals surface area contributed by atoms with Crippen molar-refractivity contribution in [1.29, 1.82) is 0 Å². The molecule has 1 fully saturated rings. The lowest BCUT2D eigenvalue weighted by Gasteiger charge is -2.25. The minimum Gasteiger partial charge on any atom is -0.379 e. The van der Waals surface area contributed by atoms with Gasteiger partial charge < -0.3 is 10.5 Å². The summed E-state index contributed by atoms with van der Waals surface area (Å²) in [5.41, 5.74) is 7.55. The quantitative estimate of drug-likeness (QED) is 0.521. The number of sulfonamides is 1. The molecule has 0 aliphatic carbocycles. The lowest BCUT2D eigenvalue weighted by molar-refractivity contribution is 0.0730. The Morgan fingerprint density at radius 2 is 1.90 bits per heavy atom. The van der Waals surface area contributed by atoms with E-state index in [-0.39, 0.29) is 4.90 Å². The van der Waals surface area contributed by atoms with Crippen molar-refractivity contribution < 1.29 is 17.9 Å². The molecule has 0 saturated carbocycles. The van der Waals surface area contributed by atoms with E-state index < -0.39 is 15.9 Å². The number of nitrogens with zero attached hydrogens (tertiary/aromatic N) is 3. The fraction of sp³-hybridized carbons (Fsp3) is 0.250. The minimum atomic E-state index is -3.54. The van der Waals surface area contributed by atoms with Crippen LogP contribution in [0.15, 0.2) is 57.9 Å². The molecule has 0 bridgehead atoms. The highest BCUT2D eigenvalue weighted by molar-refractivity contribution is 7.98. The van der Waals surface area contributed by atoms with E-state index in [0.717, 1.165) is 21.3 Å². The number of pyridine rings is 1. The SMILES string of the molecule is NC(=O)c1ccc(-c2nc(CSc3ccc(S(=O)(=O)N4CCOCC4)cn3)cs2)cc1. The number of thioether (sulfide) groups is 1. The van der Waals surface area contributed by atoms with Crippen molar-refractivity contribution in [3.05, 3.63) is 59.2 Å². The predicted octanol–water partition coefficient (Wildman–Crippen LogP) is 2.62. The highest BCUT2D eigenvalue weighted by Gasteiger charge is 2.26. The molecule has 2 N–H and O–H groups in total. The number of primary amides is 1. The zero-order valence-electron chi connectivity index (χ0n) is 16.4. The molecule has 1 aromatic carbocycles. The van der Waals surface area contributed by atoms with Gasteiger partial charge in [-0.2, -0.15) is 4.31 Å². The molecule has 31 heavy (non-hydrogen) atoms. The molecule has 11 heteroatoms. The van der Waals surface area contributed by atoms with Crippen molar-refractivity contribution in [2.45, 2.75) is 15.7 Å². The Morgan fingerprint density at radius 1 is 1.16 bits per heavy atom. The molecule has 162 valence electrons. The van der Waals surface area contributed by atoms with E-state index >= 15 is 0 Å². The van der Waals surface area contributed by atoms with E-state index in [2.05, 4.69) is 9.97 Å². The van der Waals surface area contributed by atoms with Gasteiger partial charge in [-0.05, 0) is 24.3 Å². The van der Waals surface area contributed by atoms with E-state index in [0.29, 0.717) is 37.6 Å². The minimum absolute atomic E-state index is 0.189. The molecule has 1 amide bonds. The molecule has 1 saturated heterocycles. The summed E-state index contributed by atoms with van der Waals surface area (Å²) in [7, 11) is -3.54. The Balaban J connectivity index is 1.38. The number of morpholine rings is 1. The van der Waals surface area contributed by atoms with Gasteiger partial charge in [-0.1, -0.05) is 12.1 Å². The van der Waals surface area contributed by atoms with Crippen molar-refractivity contribution in [3.63, 3.8) is 0 Å². The first-order chi connectivity index (χ1) is 14.9. The number of ether oxygens (including phenoxy) is 1. The third-order valence-electron chi connectivity index (χ3n) is 4.65. The first-order valence-electron chi connectivity index (χ1n) is 9.45. The number of carbonyl (C=O) groups excluding carboxylic acids is 1. The van der Waals surface area contributed by atoms with E-state index in [1.807, 2.05) is 17.5 Å². The Labute approximate surface area is 188 Å². The average Bonchev–Trinajstić information content (AvgIpc) is 3.28. The molecule has 0 atom stereocenters. The van der Waals surface area contributed by atoms with Gasteiger partial charge in [0.05, 0.1) is 23.9 Å². The number of hydrogen-bond acceptors (Lipinski definition) is 8. The lowest BCUT2D eigenvalue weighted by Crippen LogP contribution is -2.40. The number of amides is 1. The van der Waals surface area contributed by atoms with E-state index in [1.165, 1.54) is 33.6 Å². The van der Waals surface area contributed by atoms with Gasteiger partial charge in [-0.25, -0.2) is 18.4 Å². The topological polar surface area (TPSA) is 115 Å². The molecule has 0 unspecified atom stereocenters. The van der Waals surface area contributed by atoms with Crippen LogP contribution < -0.4 is 5.73 Å². The molecule has 3 heterocycles. The molecular weight excluding hydrogens is 456 g/mol. The maximum absolute atomic E-state index is 12.7. The van der Waals surface area contributed by atoms with E-state index in [9.17, 15) is 13.2 Å². The van der Waals surface area contributed by atoms with E-state index in [1.54, 1.807) is 24.3 Å². The van der Waals surface area contributed by atoms with Crippen LogP contribution >= 0.6 is 23.1 Å². The Bertz CT molecular complexity index is 1160. The van der Waals surface area contributed by atoms with Crippen LogP contribution in [0.3, 0.4) is 0 Å². The maximum atomic E-state index is 12.7. The number of hydrogen-bond donors (Lipinski definition) is 1. The number of rotatable bonds is 7. The number of benzene rings is 1. The molecule has 0 radical (unpaired) electrons. The lowest BCUT2D eigenvalue weighted by atomic mass is 10.1. The highest BCUT2D eigenvalue weighted by atomic mass is 32.2. The zero-order chi connectivity index (χ0) is 21.8. The second-order valence-corrected chi connectivity index (χ2v) is 10.5. The van der Waals surface area contributed by atoms with Gasteiger partial charge in [0.1, 0.15) is 9.90 Å². The molecule has 8 nitrogen and oxygen atoms in total. The van der Waals surface area contributed by atoms with Gasteiger partial charge in [-0.3, -0.25) is 4.79 Å². The predicted molar refractivity (Wildman–Crippen MR) is 119 cm³/mol. The fourth-order valence-electron chi connectivity index (χ4n) is 2.97. The van der Waals surface area contributed by atoms with Gasteiger partial charge >= 0.3 is 0 Å². The summed E-state index contributed by atoms with van der Waals surface area (Å²) in [6, 6.07) is 10.3. The summed E-state index contributed by atoms with van der Waals surface area (Å²) in [6.45, 7) is 1.53. The monoisotopic (exact) mass is 476 g/mol. The summed E-state index contributed by atoms with van der Waals surface area (Å²) in [5.74, 6) is 0.150. The van der Waals surface area contributed by atoms with Crippen molar-refractivity contribution in [2.24, 2.45) is 5.73 Å². The highest BCUT2D eigenvalue weighted by Crippen LogP contribution is 2.28. The maximum Gasteiger partial charge on any atom is 0.248 e. The smallest absolute Gasteiger partial charge is 0.248 e. The van der Waals surface area contributed by atoms with Crippen molar-refractivity contribution in [1.82, 2.24) is 14.3 Å². The normalized spacial score (nSPS) is 15.1. The summed E-state index contributed by atoms with van der Waals surface area (Å²) >= 11 is 3.00. The second kappa shape index (κ2) is 9.45. The number of aromatic nitrogens is 2.